The van der Waals surface area contributed by atoms with Crippen LogP contribution >= 0.6 is 11.3 Å². The quantitative estimate of drug-likeness (QED) is 0.482. The summed E-state index contributed by atoms with van der Waals surface area (Å²) in [5, 5.41) is 13.8. The van der Waals surface area contributed by atoms with Crippen LogP contribution in [0.5, 0.6) is 0 Å². The second-order valence-electron chi connectivity index (χ2n) is 6.79. The number of H-pyrrole nitrogens is 1. The Bertz CT molecular complexity index is 1280. The molecule has 0 unspecified atom stereocenters. The van der Waals surface area contributed by atoms with Gasteiger partial charge < -0.3 is 4.98 Å². The average Bonchev–Trinajstić information content (AvgIpc) is 3.39. The summed E-state index contributed by atoms with van der Waals surface area (Å²) < 4.78 is 1.90. The first-order valence-corrected chi connectivity index (χ1v) is 9.83. The fraction of sp³-hybridized carbons (Fsp3) is 0.143. The van der Waals surface area contributed by atoms with Crippen molar-refractivity contribution < 1.29 is 0 Å². The first-order chi connectivity index (χ1) is 13.6. The van der Waals surface area contributed by atoms with Gasteiger partial charge in [-0.1, -0.05) is 24.3 Å². The summed E-state index contributed by atoms with van der Waals surface area (Å²) in [5.74, 6) is 0.732. The van der Waals surface area contributed by atoms with E-state index in [1.807, 2.05) is 29.8 Å². The van der Waals surface area contributed by atoms with E-state index < -0.39 is 0 Å². The van der Waals surface area contributed by atoms with Crippen LogP contribution in [-0.4, -0.2) is 29.8 Å². The van der Waals surface area contributed by atoms with Crippen LogP contribution in [0.1, 0.15) is 16.8 Å². The highest BCUT2D eigenvalue weighted by atomic mass is 32.1. The highest BCUT2D eigenvalue weighted by Crippen LogP contribution is 2.42. The number of nitrogens with one attached hydrogen (secondary N) is 1. The summed E-state index contributed by atoms with van der Waals surface area (Å²) >= 11 is 1.62. The topological polar surface area (TPSA) is 71.8 Å². The van der Waals surface area contributed by atoms with Gasteiger partial charge in [0.15, 0.2) is 5.82 Å². The van der Waals surface area contributed by atoms with Crippen molar-refractivity contribution in [2.24, 2.45) is 0 Å². The van der Waals surface area contributed by atoms with E-state index in [1.54, 1.807) is 17.7 Å². The fourth-order valence-corrected chi connectivity index (χ4v) is 4.77. The maximum Gasteiger partial charge on any atom is 0.173 e. The molecule has 0 radical (unpaired) electrons. The molecule has 138 valence electrons. The summed E-state index contributed by atoms with van der Waals surface area (Å²) in [6, 6.07) is 12.4. The summed E-state index contributed by atoms with van der Waals surface area (Å²) in [4.78, 5) is 9.21. The molecule has 4 aromatic heterocycles. The molecule has 0 saturated heterocycles. The number of hydrogen-bond acceptors (Lipinski definition) is 5. The monoisotopic (exact) mass is 386 g/mol. The zero-order chi connectivity index (χ0) is 19.3. The molecule has 1 aromatic carbocycles. The molecular formula is C21H18N6S. The van der Waals surface area contributed by atoms with Gasteiger partial charge in [0.1, 0.15) is 16.2 Å². The normalized spacial score (nSPS) is 11.4. The maximum absolute atomic E-state index is 5.09. The van der Waals surface area contributed by atoms with Crippen LogP contribution in [-0.2, 0) is 0 Å². The first-order valence-electron chi connectivity index (χ1n) is 9.01. The third kappa shape index (κ3) is 2.55. The molecule has 0 fully saturated rings. The van der Waals surface area contributed by atoms with Crippen LogP contribution in [0.25, 0.3) is 38.0 Å². The Kier molecular flexibility index (Phi) is 3.84. The zero-order valence-electron chi connectivity index (χ0n) is 15.8. The molecule has 6 nitrogen and oxygen atoms in total. The molecule has 4 heterocycles. The van der Waals surface area contributed by atoms with Crippen molar-refractivity contribution in [2.75, 3.05) is 0 Å². The Morgan fingerprint density at radius 3 is 2.54 bits per heavy atom. The highest BCUT2D eigenvalue weighted by molar-refractivity contribution is 7.19. The second kappa shape index (κ2) is 6.38. The zero-order valence-corrected chi connectivity index (χ0v) is 16.6. The van der Waals surface area contributed by atoms with Crippen molar-refractivity contribution in [3.63, 3.8) is 0 Å². The number of rotatable bonds is 3. The molecule has 0 aliphatic carbocycles. The molecule has 0 aliphatic rings. The summed E-state index contributed by atoms with van der Waals surface area (Å²) in [6.45, 7) is 6.26. The minimum atomic E-state index is 0.732. The first kappa shape index (κ1) is 16.8. The molecule has 0 aliphatic heterocycles. The van der Waals surface area contributed by atoms with E-state index in [4.69, 9.17) is 4.98 Å². The number of pyridine rings is 1. The number of benzene rings is 1. The fourth-order valence-electron chi connectivity index (χ4n) is 3.64. The van der Waals surface area contributed by atoms with E-state index in [2.05, 4.69) is 58.4 Å². The lowest BCUT2D eigenvalue weighted by Gasteiger charge is -2.08. The molecule has 0 spiro atoms. The van der Waals surface area contributed by atoms with E-state index in [0.717, 1.165) is 43.7 Å². The molecule has 0 bridgehead atoms. The van der Waals surface area contributed by atoms with Crippen molar-refractivity contribution in [3.05, 3.63) is 65.7 Å². The van der Waals surface area contributed by atoms with Crippen LogP contribution in [0.2, 0.25) is 0 Å². The van der Waals surface area contributed by atoms with Gasteiger partial charge in [0.05, 0.1) is 22.5 Å². The molecule has 0 saturated carbocycles. The van der Waals surface area contributed by atoms with Crippen LogP contribution in [0.15, 0.2) is 48.9 Å². The molecular weight excluding hydrogens is 368 g/mol. The van der Waals surface area contributed by atoms with Gasteiger partial charge in [-0.2, -0.15) is 5.10 Å². The lowest BCUT2D eigenvalue weighted by atomic mass is 9.99. The third-order valence-electron chi connectivity index (χ3n) is 4.91. The molecule has 5 rings (SSSR count). The summed E-state index contributed by atoms with van der Waals surface area (Å²) in [6.07, 6.45) is 3.56. The molecule has 0 amide bonds. The Hall–Kier alpha value is -3.32. The lowest BCUT2D eigenvalue weighted by Crippen LogP contribution is -1.91. The van der Waals surface area contributed by atoms with E-state index >= 15 is 0 Å². The number of aromatic amines is 1. The Morgan fingerprint density at radius 2 is 1.79 bits per heavy atom. The van der Waals surface area contributed by atoms with Crippen LogP contribution in [0.3, 0.4) is 0 Å². The van der Waals surface area contributed by atoms with E-state index in [9.17, 15) is 0 Å². The van der Waals surface area contributed by atoms with Crippen LogP contribution in [0, 0.1) is 20.8 Å². The van der Waals surface area contributed by atoms with Crippen LogP contribution < -0.4 is 0 Å². The van der Waals surface area contributed by atoms with E-state index in [1.165, 1.54) is 11.1 Å². The van der Waals surface area contributed by atoms with E-state index in [0.29, 0.717) is 0 Å². The smallest absolute Gasteiger partial charge is 0.173 e. The van der Waals surface area contributed by atoms with Gasteiger partial charge >= 0.3 is 0 Å². The van der Waals surface area contributed by atoms with Gasteiger partial charge in [-0.05, 0) is 44.0 Å². The minimum absolute atomic E-state index is 0.732. The van der Waals surface area contributed by atoms with Crippen molar-refractivity contribution in [1.82, 2.24) is 29.8 Å². The van der Waals surface area contributed by atoms with Gasteiger partial charge in [0.2, 0.25) is 0 Å². The Morgan fingerprint density at radius 1 is 0.964 bits per heavy atom. The maximum atomic E-state index is 5.09. The van der Waals surface area contributed by atoms with Crippen molar-refractivity contribution in [1.29, 1.82) is 0 Å². The Balaban J connectivity index is 1.81. The molecule has 28 heavy (non-hydrogen) atoms. The number of aryl methyl sites for hydroxylation is 3. The number of fused-ring (bicyclic) bond motifs is 1. The minimum Gasteiger partial charge on any atom is -0.327 e. The van der Waals surface area contributed by atoms with Crippen molar-refractivity contribution in [3.8, 4) is 32.5 Å². The van der Waals surface area contributed by atoms with Gasteiger partial charge in [0, 0.05) is 11.8 Å². The van der Waals surface area contributed by atoms with Gasteiger partial charge in [-0.25, -0.2) is 9.50 Å². The van der Waals surface area contributed by atoms with Crippen LogP contribution in [0.4, 0.5) is 0 Å². The predicted octanol–water partition coefficient (Wildman–Crippen LogP) is 4.84. The standard InChI is InChI=1S/C21H18N6S/c1-12-7-6-8-13(2)16(12)18-19(20-22-11-23-25-20)28-21(24-18)17-14(3)26-27-10-5-4-9-15(17)27/h4-11H,1-3H3,(H,22,23,25). The molecule has 5 aromatic rings. The second-order valence-corrected chi connectivity index (χ2v) is 7.79. The molecule has 1 N–H and O–H groups in total. The molecule has 7 heteroatoms. The van der Waals surface area contributed by atoms with Gasteiger partial charge in [-0.15, -0.1) is 21.5 Å². The Labute approximate surface area is 165 Å². The largest absolute Gasteiger partial charge is 0.327 e. The lowest BCUT2D eigenvalue weighted by molar-refractivity contribution is 0.934. The average molecular weight is 386 g/mol. The summed E-state index contributed by atoms with van der Waals surface area (Å²) in [5.41, 5.74) is 7.52. The van der Waals surface area contributed by atoms with Gasteiger partial charge in [-0.3, -0.25) is 0 Å². The predicted molar refractivity (Wildman–Crippen MR) is 111 cm³/mol. The van der Waals surface area contributed by atoms with Gasteiger partial charge in [0.25, 0.3) is 0 Å². The number of hydrogen-bond donors (Lipinski definition) is 1. The third-order valence-corrected chi connectivity index (χ3v) is 5.99. The van der Waals surface area contributed by atoms with Crippen molar-refractivity contribution in [2.45, 2.75) is 20.8 Å². The number of aromatic nitrogens is 6. The SMILES string of the molecule is Cc1cccc(C)c1-c1nc(-c2c(C)nn3ccccc23)sc1-c1nnc[nH]1. The highest BCUT2D eigenvalue weighted by Gasteiger charge is 2.23. The number of thiazole rings is 1. The molecule has 0 atom stereocenters. The summed E-state index contributed by atoms with van der Waals surface area (Å²) in [7, 11) is 0. The number of nitrogens with zero attached hydrogens (tertiary/aromatic N) is 5. The van der Waals surface area contributed by atoms with Crippen molar-refractivity contribution >= 4 is 16.9 Å². The van der Waals surface area contributed by atoms with E-state index in [-0.39, 0.29) is 0 Å².